The number of H-pyrrole nitrogens is 4. The average molecular weight is 1700 g/mol. The second kappa shape index (κ2) is 75.1. The minimum Gasteiger partial charge on any atom is -0.512 e. The van der Waals surface area contributed by atoms with Gasteiger partial charge in [-0.1, -0.05) is 260 Å². The van der Waals surface area contributed by atoms with Crippen molar-refractivity contribution in [1.82, 2.24) is 71.8 Å². The van der Waals surface area contributed by atoms with Crippen LogP contribution in [0.25, 0.3) is 0 Å². The fourth-order valence-electron chi connectivity index (χ4n) is 6.93. The van der Waals surface area contributed by atoms with Crippen molar-refractivity contribution in [3.8, 4) is 0 Å². The lowest BCUT2D eigenvalue weighted by Crippen LogP contribution is -2.38. The molecule has 0 aromatic carbocycles. The van der Waals surface area contributed by atoms with Crippen molar-refractivity contribution in [2.75, 3.05) is 13.2 Å². The summed E-state index contributed by atoms with van der Waals surface area (Å²) in [4.78, 5) is 48.3. The highest BCUT2D eigenvalue weighted by atomic mass is 16.3. The molecule has 32 nitrogen and oxygen atoms in total. The number of amidine groups is 3. The van der Waals surface area contributed by atoms with E-state index < -0.39 is 6.23 Å². The van der Waals surface area contributed by atoms with Crippen molar-refractivity contribution in [2.24, 2.45) is 135 Å². The molecule has 0 saturated carbocycles. The van der Waals surface area contributed by atoms with Gasteiger partial charge in [0.1, 0.15) is 36.5 Å². The number of amides is 2. The van der Waals surface area contributed by atoms with E-state index in [1.54, 1.807) is 13.8 Å². The maximum absolute atomic E-state index is 10.8. The molecule has 0 aliphatic carbocycles. The summed E-state index contributed by atoms with van der Waals surface area (Å²) in [5.74, 6) is 13.4. The topological polar surface area (TPSA) is 508 Å². The van der Waals surface area contributed by atoms with E-state index in [9.17, 15) is 19.8 Å². The summed E-state index contributed by atoms with van der Waals surface area (Å²) in [5, 5.41) is 87.0. The van der Waals surface area contributed by atoms with Crippen molar-refractivity contribution in [3.63, 3.8) is 0 Å². The molecule has 120 heavy (non-hydrogen) atoms. The molecule has 0 bridgehead atoms. The summed E-state index contributed by atoms with van der Waals surface area (Å²) < 4.78 is 0. The summed E-state index contributed by atoms with van der Waals surface area (Å²) in [6, 6.07) is 1.28. The number of aromatic nitrogens is 12. The molecule has 6 heterocycles. The number of allylic oxidation sites excluding steroid dienone is 2. The van der Waals surface area contributed by atoms with Crippen LogP contribution in [-0.2, 0) is 9.59 Å². The number of imidazole rings is 2. The number of aromatic amines is 4. The summed E-state index contributed by atoms with van der Waals surface area (Å²) >= 11 is 0. The van der Waals surface area contributed by atoms with Crippen molar-refractivity contribution in [2.45, 2.75) is 389 Å². The monoisotopic (exact) mass is 1700 g/mol. The third-order valence-electron chi connectivity index (χ3n) is 15.4. The second-order valence-electron chi connectivity index (χ2n) is 36.3. The number of aliphatic hydroxyl groups excluding tert-OH is 4. The van der Waals surface area contributed by atoms with E-state index in [0.29, 0.717) is 120 Å². The van der Waals surface area contributed by atoms with Crippen LogP contribution in [-0.4, -0.2) is 173 Å². The average Bonchev–Trinajstić information content (AvgIpc) is 1.77. The fourth-order valence-corrected chi connectivity index (χ4v) is 6.93. The van der Waals surface area contributed by atoms with E-state index in [-0.39, 0.29) is 53.9 Å². The molecule has 6 rings (SSSR count). The van der Waals surface area contributed by atoms with Gasteiger partial charge in [0.25, 0.3) is 0 Å². The first kappa shape index (κ1) is 128. The Labute approximate surface area is 729 Å². The molecule has 3 atom stereocenters. The number of rotatable bonds is 24. The third-order valence-corrected chi connectivity index (χ3v) is 15.4. The molecule has 702 valence electrons. The van der Waals surface area contributed by atoms with Crippen molar-refractivity contribution in [1.29, 1.82) is 0 Å². The predicted molar refractivity (Wildman–Crippen MR) is 504 cm³/mol. The van der Waals surface area contributed by atoms with Crippen LogP contribution in [0.15, 0.2) is 64.9 Å². The van der Waals surface area contributed by atoms with Crippen LogP contribution in [0.2, 0.25) is 0 Å². The van der Waals surface area contributed by atoms with Crippen LogP contribution in [0.1, 0.15) is 381 Å². The minimum absolute atomic E-state index is 0.00926. The maximum atomic E-state index is 10.8. The predicted octanol–water partition coefficient (Wildman–Crippen LogP) is 18.7. The number of tetrazole rings is 2. The molecular formula is C88H184N26O6. The zero-order chi connectivity index (χ0) is 95.7. The number of hydrogen-bond acceptors (Lipinski definition) is 24. The summed E-state index contributed by atoms with van der Waals surface area (Å²) in [5.41, 5.74) is 24.5. The van der Waals surface area contributed by atoms with Gasteiger partial charge in [-0.2, -0.15) is 20.7 Å². The maximum Gasteiger partial charge on any atom is 0.222 e. The number of nitrogens with two attached hydrogens (primary N) is 4. The molecule has 2 amide bonds. The Bertz CT molecular complexity index is 3010. The molecular weight excluding hydrogens is 1520 g/mol. The first-order chi connectivity index (χ1) is 54.9. The van der Waals surface area contributed by atoms with Gasteiger partial charge in [0.05, 0.1) is 29.2 Å². The second-order valence-corrected chi connectivity index (χ2v) is 36.3. The number of aliphatic hydroxyl groups is 4. The van der Waals surface area contributed by atoms with Crippen molar-refractivity contribution < 1.29 is 30.0 Å². The van der Waals surface area contributed by atoms with Crippen LogP contribution < -0.4 is 33.6 Å². The minimum atomic E-state index is -0.648. The number of carbonyl (C=O) groups excluding carboxylic acids is 2. The Morgan fingerprint density at radius 2 is 0.883 bits per heavy atom. The molecule has 2 aliphatic heterocycles. The third kappa shape index (κ3) is 82.6. The van der Waals surface area contributed by atoms with Crippen LogP contribution in [0.5, 0.6) is 0 Å². The number of azo groups is 1. The molecule has 0 fully saturated rings. The first-order valence-corrected chi connectivity index (χ1v) is 43.6. The molecule has 2 aliphatic rings. The van der Waals surface area contributed by atoms with E-state index in [0.717, 1.165) is 52.9 Å². The zero-order valence-electron chi connectivity index (χ0n) is 83.9. The van der Waals surface area contributed by atoms with Gasteiger partial charge in [-0.15, -0.1) is 30.6 Å². The van der Waals surface area contributed by atoms with Gasteiger partial charge in [-0.05, 0) is 120 Å². The van der Waals surface area contributed by atoms with Gasteiger partial charge in [0.15, 0.2) is 18.3 Å². The SMILES string of the molecule is CC(C)/C=C(\O)C(C)C.CC(C)C(N)=O.CC(C)C(N)O.CC(C)C1=NCN=N1.CC(C)C1=NN=NC1.CC(C)CC(O)C(C)C.CC(C)N=C(N)C(C)C.CC(C)N=C(N)C(C)C.CC(C)NC(=O)C(C)C.CC(C)NC(O)C(C)C.CC(C)c1cnc(C(C)C)[nH]1.CC(C)c1cnc(C(C)C)[nH]1.CC(C)c1nn[nH]n1.CC(C)c1nn[nH]n1. The number of nitrogens with one attached hydrogen (secondary N) is 6. The van der Waals surface area contributed by atoms with Gasteiger partial charge in [0.2, 0.25) is 11.8 Å². The van der Waals surface area contributed by atoms with E-state index in [1.165, 1.54) is 11.4 Å². The normalized spacial score (nSPS) is 13.1. The Kier molecular flexibility index (Phi) is 80.0. The standard InChI is InChI=1S/2C9H16N2.C8H18O.C8H16O.2C7H16N2.C7H17NO.C7H15NO.2C5H9N3.2C4H8N4.C4H11NO.C4H9NO/c2*1-6(2)8-5-10-9(11-8)7(3)4;2*1-6(2)5-8(9)7(3)4;2*1-5(2)7(8)9-6(3)4;2*1-5(2)7(9)8-6(3)4;1-4(2)5-6-3-7-8-5;1-4(2)5-3-6-8-7-5;2*1-3(2)4-5-7-8-6-4;2*1-3(2)4(5)6/h2*5-7H,1-4H3,(H,10,11);6-9H,5H2,1-4H3;5-7,9H,1-4H3;2*5-6H,1-4H3,(H2,8,9);5-9H,1-4H3;5-6H,1-4H3,(H,8,9);2*4H,3H2,1-2H3;2*3H,1-2H3,(H,5,6,7,8);3-4,6H,5H2,1-2H3;3H,1-2H3,(H2,5,6)/b;;;8-5-;;;;;;;;;;. The lowest BCUT2D eigenvalue weighted by Gasteiger charge is -2.18. The van der Waals surface area contributed by atoms with Crippen LogP contribution in [0.3, 0.4) is 0 Å². The number of aliphatic imine (C=N–C) groups is 3. The van der Waals surface area contributed by atoms with E-state index in [4.69, 9.17) is 33.1 Å². The van der Waals surface area contributed by atoms with Gasteiger partial charge >= 0.3 is 0 Å². The molecule has 0 spiro atoms. The van der Waals surface area contributed by atoms with Crippen LogP contribution in [0.4, 0.5) is 0 Å². The Morgan fingerprint density at radius 1 is 0.492 bits per heavy atom. The van der Waals surface area contributed by atoms with Crippen LogP contribution in [0, 0.1) is 71.0 Å². The molecule has 0 radical (unpaired) electrons. The van der Waals surface area contributed by atoms with Gasteiger partial charge in [0, 0.05) is 107 Å². The Hall–Kier alpha value is -7.68. The Morgan fingerprint density at radius 3 is 1.00 bits per heavy atom. The quantitative estimate of drug-likeness (QED) is 0.0134. The molecule has 4 aromatic heterocycles. The number of hydrogen-bond donors (Lipinski definition) is 14. The smallest absolute Gasteiger partial charge is 0.222 e. The lowest BCUT2D eigenvalue weighted by molar-refractivity contribution is -0.124. The van der Waals surface area contributed by atoms with Crippen LogP contribution >= 0.6 is 0 Å². The Balaban J connectivity index is -0.000000188. The van der Waals surface area contributed by atoms with Crippen molar-refractivity contribution in [3.05, 3.63) is 58.9 Å². The molecule has 18 N–H and O–H groups in total. The van der Waals surface area contributed by atoms with E-state index >= 15 is 0 Å². The summed E-state index contributed by atoms with van der Waals surface area (Å²) in [6.07, 6.45) is 5.56. The summed E-state index contributed by atoms with van der Waals surface area (Å²) in [7, 11) is 0. The highest BCUT2D eigenvalue weighted by Gasteiger charge is 2.14. The largest absolute Gasteiger partial charge is 0.512 e. The van der Waals surface area contributed by atoms with Gasteiger partial charge < -0.3 is 58.6 Å². The fraction of sp³-hybridized carbons (Fsp3) is 0.818. The van der Waals surface area contributed by atoms with Crippen molar-refractivity contribution >= 4 is 35.0 Å². The van der Waals surface area contributed by atoms with Gasteiger partial charge in [-0.25, -0.2) is 15.0 Å². The number of carbonyl (C=O) groups is 2. The highest BCUT2D eigenvalue weighted by molar-refractivity contribution is 5.88. The zero-order valence-corrected chi connectivity index (χ0v) is 83.9. The number of primary amides is 1. The molecule has 3 unspecified atom stereocenters. The highest BCUT2D eigenvalue weighted by Crippen LogP contribution is 2.18. The van der Waals surface area contributed by atoms with E-state index in [1.807, 2.05) is 198 Å². The first-order valence-electron chi connectivity index (χ1n) is 43.6. The lowest BCUT2D eigenvalue weighted by atomic mass is 9.98. The number of nitrogens with zero attached hydrogens (tertiary/aromatic N) is 16. The molecule has 32 heteroatoms. The van der Waals surface area contributed by atoms with E-state index in [2.05, 4.69) is 223 Å². The summed E-state index contributed by atoms with van der Waals surface area (Å²) in [6.45, 7) is 90.5. The van der Waals surface area contributed by atoms with Gasteiger partial charge in [-0.3, -0.25) is 24.9 Å². The molecule has 0 saturated heterocycles. The molecule has 4 aromatic rings.